The number of esters is 1. The Kier molecular flexibility index (Phi) is 15.0. The number of thiol groups is 3. The molecule has 17 heavy (non-hydrogen) atoms. The minimum absolute atomic E-state index is 0.431. The second-order valence-corrected chi connectivity index (χ2v) is 7.09. The van der Waals surface area contributed by atoms with Crippen molar-refractivity contribution < 1.29 is 9.53 Å². The summed E-state index contributed by atoms with van der Waals surface area (Å²) in [7, 11) is 0. The van der Waals surface area contributed by atoms with Crippen molar-refractivity contribution in [3.63, 3.8) is 0 Å². The Morgan fingerprint density at radius 2 is 1.71 bits per heavy atom. The van der Waals surface area contributed by atoms with Crippen LogP contribution in [0.25, 0.3) is 0 Å². The van der Waals surface area contributed by atoms with Gasteiger partial charge in [-0.05, 0) is 12.3 Å². The van der Waals surface area contributed by atoms with Crippen LogP contribution in [0.1, 0.15) is 39.5 Å². The molecule has 0 saturated heterocycles. The molecule has 0 aromatic rings. The van der Waals surface area contributed by atoms with Gasteiger partial charge >= 0.3 is 33.4 Å². The van der Waals surface area contributed by atoms with Crippen LogP contribution in [0.4, 0.5) is 0 Å². The van der Waals surface area contributed by atoms with E-state index in [-0.39, 0.29) is 0 Å². The summed E-state index contributed by atoms with van der Waals surface area (Å²) in [5.41, 5.74) is 0. The summed E-state index contributed by atoms with van der Waals surface area (Å²) in [6, 6.07) is 0. The number of rotatable bonds is 7. The number of unbranched alkanes of at least 4 members (excludes halogenated alkanes) is 2. The Hall–Kier alpha value is 1.32. The van der Waals surface area contributed by atoms with Gasteiger partial charge in [-0.15, -0.1) is 37.9 Å². The molecule has 0 saturated carbocycles. The summed E-state index contributed by atoms with van der Waals surface area (Å²) in [6.45, 7) is 4.84. The molecule has 0 aliphatic heterocycles. The van der Waals surface area contributed by atoms with Gasteiger partial charge < -0.3 is 4.74 Å². The predicted molar refractivity (Wildman–Crippen MR) is 87.0 cm³/mol. The van der Waals surface area contributed by atoms with Gasteiger partial charge in [-0.25, -0.2) is 4.79 Å². The Bertz CT molecular complexity index is 194. The average molecular weight is 403 g/mol. The molecule has 102 valence electrons. The van der Waals surface area contributed by atoms with E-state index in [4.69, 9.17) is 4.74 Å². The first-order valence-electron chi connectivity index (χ1n) is 5.76. The SMILES string of the molecule is CC(C)CCCCCOC(=O)C(S)(S)S.[CH3][SnH]. The summed E-state index contributed by atoms with van der Waals surface area (Å²) < 4.78 is 3.67. The summed E-state index contributed by atoms with van der Waals surface area (Å²) in [5, 5.41) is 0. The van der Waals surface area contributed by atoms with Gasteiger partial charge in [0.2, 0.25) is 0 Å². The standard InChI is InChI=1S/C10H20O2S3.CH3.Sn.H/c1-8(2)6-4-3-5-7-12-9(11)10(13,14)15;;;/h8,13-15H,3-7H2,1-2H3;1H3;;. The number of hydrogen-bond donors (Lipinski definition) is 3. The molecule has 0 unspecified atom stereocenters. The molecule has 2 radical (unpaired) electrons. The first-order valence-corrected chi connectivity index (χ1v) is 10.4. The molecular weight excluding hydrogens is 379 g/mol. The molecule has 0 N–H and O–H groups in total. The van der Waals surface area contributed by atoms with E-state index in [2.05, 4.69) is 56.7 Å². The molecule has 0 aromatic carbocycles. The van der Waals surface area contributed by atoms with Crippen molar-refractivity contribution in [2.75, 3.05) is 6.61 Å². The molecule has 0 aromatic heterocycles. The van der Waals surface area contributed by atoms with E-state index < -0.39 is 9.38 Å². The van der Waals surface area contributed by atoms with E-state index >= 15 is 0 Å². The maximum absolute atomic E-state index is 11.2. The fourth-order valence-corrected chi connectivity index (χ4v) is 1.29. The Morgan fingerprint density at radius 1 is 1.18 bits per heavy atom. The van der Waals surface area contributed by atoms with Crippen molar-refractivity contribution >= 4 is 66.4 Å². The zero-order chi connectivity index (χ0) is 13.9. The normalized spacial score (nSPS) is 10.8. The molecule has 0 heterocycles. The van der Waals surface area contributed by atoms with E-state index in [1.165, 1.54) is 35.4 Å². The van der Waals surface area contributed by atoms with Crippen LogP contribution in [-0.2, 0) is 9.53 Å². The quantitative estimate of drug-likeness (QED) is 0.200. The zero-order valence-electron chi connectivity index (χ0n) is 10.8. The molecule has 0 amide bonds. The van der Waals surface area contributed by atoms with Crippen molar-refractivity contribution in [2.45, 2.75) is 47.9 Å². The van der Waals surface area contributed by atoms with E-state index in [1.807, 2.05) is 0 Å². The van der Waals surface area contributed by atoms with Gasteiger partial charge in [-0.2, -0.15) is 0 Å². The third-order valence-corrected chi connectivity index (χ3v) is 2.48. The molecule has 0 bridgehead atoms. The van der Waals surface area contributed by atoms with Crippen molar-refractivity contribution in [1.29, 1.82) is 0 Å². The minimum atomic E-state index is -1.28. The molecule has 0 aliphatic rings. The second kappa shape index (κ2) is 12.4. The monoisotopic (exact) mass is 404 g/mol. The van der Waals surface area contributed by atoms with Crippen LogP contribution in [0.15, 0.2) is 0 Å². The van der Waals surface area contributed by atoms with Gasteiger partial charge in [-0.3, -0.25) is 0 Å². The summed E-state index contributed by atoms with van der Waals surface area (Å²) in [6.07, 6.45) is 4.39. The molecule has 6 heteroatoms. The van der Waals surface area contributed by atoms with Gasteiger partial charge in [0.15, 0.2) is 3.41 Å². The van der Waals surface area contributed by atoms with Crippen LogP contribution >= 0.6 is 37.9 Å². The topological polar surface area (TPSA) is 26.3 Å². The van der Waals surface area contributed by atoms with Crippen LogP contribution < -0.4 is 0 Å². The molecular formula is C11H24O2S3Sn. The van der Waals surface area contributed by atoms with Gasteiger partial charge in [0.05, 0.1) is 6.61 Å². The zero-order valence-corrected chi connectivity index (χ0v) is 16.8. The van der Waals surface area contributed by atoms with E-state index in [9.17, 15) is 4.79 Å². The van der Waals surface area contributed by atoms with E-state index in [0.29, 0.717) is 6.61 Å². The molecule has 0 rings (SSSR count). The van der Waals surface area contributed by atoms with Crippen LogP contribution in [0, 0.1) is 5.92 Å². The summed E-state index contributed by atoms with van der Waals surface area (Å²) in [5.74, 6) is 0.244. The van der Waals surface area contributed by atoms with Crippen molar-refractivity contribution in [1.82, 2.24) is 0 Å². The molecule has 0 fully saturated rings. The third kappa shape index (κ3) is 15.3. The van der Waals surface area contributed by atoms with Crippen molar-refractivity contribution in [3.05, 3.63) is 0 Å². The van der Waals surface area contributed by atoms with Crippen molar-refractivity contribution in [3.8, 4) is 0 Å². The van der Waals surface area contributed by atoms with Crippen molar-refractivity contribution in [2.24, 2.45) is 5.92 Å². The predicted octanol–water partition coefficient (Wildman–Crippen LogP) is 3.12. The fraction of sp³-hybridized carbons (Fsp3) is 0.909. The number of carbonyl (C=O) groups is 1. The van der Waals surface area contributed by atoms with Crippen LogP contribution in [0.5, 0.6) is 0 Å². The van der Waals surface area contributed by atoms with Gasteiger partial charge in [-0.1, -0.05) is 33.1 Å². The van der Waals surface area contributed by atoms with Crippen LogP contribution in [0.2, 0.25) is 4.94 Å². The molecule has 0 spiro atoms. The molecule has 2 nitrogen and oxygen atoms in total. The van der Waals surface area contributed by atoms with Gasteiger partial charge in [0.25, 0.3) is 0 Å². The fourth-order valence-electron chi connectivity index (χ4n) is 1.09. The van der Waals surface area contributed by atoms with E-state index in [1.54, 1.807) is 0 Å². The second-order valence-electron chi connectivity index (χ2n) is 4.01. The van der Waals surface area contributed by atoms with Crippen LogP contribution in [0.3, 0.4) is 0 Å². The number of ether oxygens (including phenoxy) is 1. The first-order chi connectivity index (χ1) is 7.84. The maximum atomic E-state index is 11.2. The third-order valence-electron chi connectivity index (χ3n) is 1.93. The Labute approximate surface area is 135 Å². The molecule has 0 aliphatic carbocycles. The summed E-state index contributed by atoms with van der Waals surface area (Å²) in [4.78, 5) is 13.3. The van der Waals surface area contributed by atoms with Gasteiger partial charge in [0, 0.05) is 0 Å². The summed E-state index contributed by atoms with van der Waals surface area (Å²) >= 11 is 13.0. The number of hydrogen-bond acceptors (Lipinski definition) is 5. The van der Waals surface area contributed by atoms with Crippen LogP contribution in [-0.4, -0.2) is 38.5 Å². The van der Waals surface area contributed by atoms with E-state index in [0.717, 1.165) is 18.8 Å². The van der Waals surface area contributed by atoms with Gasteiger partial charge in [0.1, 0.15) is 0 Å². The Balaban J connectivity index is 0. The number of carbonyl (C=O) groups excluding carboxylic acids is 1. The Morgan fingerprint density at radius 3 is 2.12 bits per heavy atom. The molecule has 0 atom stereocenters. The first kappa shape index (κ1) is 20.6. The average Bonchev–Trinajstić information content (AvgIpc) is 2.24.